The van der Waals surface area contributed by atoms with E-state index in [1.807, 2.05) is 31.2 Å². The monoisotopic (exact) mass is 212 g/mol. The molecule has 0 atom stereocenters. The van der Waals surface area contributed by atoms with Crippen LogP contribution in [0.25, 0.3) is 6.08 Å². The molecule has 0 aliphatic carbocycles. The zero-order chi connectivity index (χ0) is 11.4. The molecule has 16 heavy (non-hydrogen) atoms. The third-order valence-corrected chi connectivity index (χ3v) is 2.23. The van der Waals surface area contributed by atoms with Crippen LogP contribution in [0.5, 0.6) is 0 Å². The van der Waals surface area contributed by atoms with Gasteiger partial charge in [0.05, 0.1) is 6.26 Å². The van der Waals surface area contributed by atoms with E-state index in [0.29, 0.717) is 5.76 Å². The number of hydrogen-bond donors (Lipinski definition) is 0. The first kappa shape index (κ1) is 10.4. The van der Waals surface area contributed by atoms with Gasteiger partial charge in [0.25, 0.3) is 0 Å². The summed E-state index contributed by atoms with van der Waals surface area (Å²) in [6.45, 7) is 2.02. The van der Waals surface area contributed by atoms with Gasteiger partial charge in [0.15, 0.2) is 5.76 Å². The van der Waals surface area contributed by atoms with Crippen LogP contribution in [0.15, 0.2) is 53.2 Å². The van der Waals surface area contributed by atoms with E-state index in [-0.39, 0.29) is 5.78 Å². The number of furan rings is 1. The van der Waals surface area contributed by atoms with E-state index in [1.165, 1.54) is 17.9 Å². The molecule has 2 nitrogen and oxygen atoms in total. The lowest BCUT2D eigenvalue weighted by molar-refractivity contribution is 0.102. The Morgan fingerprint density at radius 3 is 2.81 bits per heavy atom. The Hall–Kier alpha value is -2.09. The summed E-state index contributed by atoms with van der Waals surface area (Å²) in [7, 11) is 0. The van der Waals surface area contributed by atoms with E-state index in [1.54, 1.807) is 18.2 Å². The number of allylic oxidation sites excluding steroid dienone is 1. The van der Waals surface area contributed by atoms with Gasteiger partial charge in [-0.05, 0) is 30.7 Å². The number of aryl methyl sites for hydroxylation is 1. The summed E-state index contributed by atoms with van der Waals surface area (Å²) < 4.78 is 5.01. The largest absolute Gasteiger partial charge is 0.461 e. The lowest BCUT2D eigenvalue weighted by atomic mass is 10.1. The highest BCUT2D eigenvalue weighted by Gasteiger charge is 2.03. The van der Waals surface area contributed by atoms with Crippen molar-refractivity contribution >= 4 is 11.9 Å². The SMILES string of the molecule is Cc1cccc(C=CC(=O)c2ccco2)c1. The molecule has 0 amide bonds. The minimum Gasteiger partial charge on any atom is -0.461 e. The van der Waals surface area contributed by atoms with E-state index < -0.39 is 0 Å². The zero-order valence-electron chi connectivity index (χ0n) is 9.01. The number of hydrogen-bond acceptors (Lipinski definition) is 2. The molecular formula is C14H12O2. The van der Waals surface area contributed by atoms with Crippen LogP contribution in [0.2, 0.25) is 0 Å². The summed E-state index contributed by atoms with van der Waals surface area (Å²) in [6, 6.07) is 11.3. The van der Waals surface area contributed by atoms with Crippen LogP contribution in [0.1, 0.15) is 21.7 Å². The molecule has 0 saturated carbocycles. The van der Waals surface area contributed by atoms with Crippen LogP contribution in [0.3, 0.4) is 0 Å². The molecule has 0 saturated heterocycles. The highest BCUT2D eigenvalue weighted by atomic mass is 16.3. The second-order valence-corrected chi connectivity index (χ2v) is 3.59. The molecule has 0 aliphatic rings. The number of carbonyl (C=O) groups excluding carboxylic acids is 1. The first-order valence-electron chi connectivity index (χ1n) is 5.08. The second-order valence-electron chi connectivity index (χ2n) is 3.59. The van der Waals surface area contributed by atoms with E-state index in [0.717, 1.165) is 5.56 Å². The Labute approximate surface area is 94.2 Å². The Kier molecular flexibility index (Phi) is 3.01. The van der Waals surface area contributed by atoms with Gasteiger partial charge in [0.2, 0.25) is 5.78 Å². The van der Waals surface area contributed by atoms with Crippen molar-refractivity contribution in [2.24, 2.45) is 0 Å². The summed E-state index contributed by atoms with van der Waals surface area (Å²) in [5.41, 5.74) is 2.19. The van der Waals surface area contributed by atoms with Crippen LogP contribution < -0.4 is 0 Å². The minimum absolute atomic E-state index is 0.119. The number of carbonyl (C=O) groups is 1. The summed E-state index contributed by atoms with van der Waals surface area (Å²) in [6.07, 6.45) is 4.80. The molecule has 2 rings (SSSR count). The van der Waals surface area contributed by atoms with Crippen molar-refractivity contribution in [2.75, 3.05) is 0 Å². The van der Waals surface area contributed by atoms with Crippen molar-refractivity contribution in [2.45, 2.75) is 6.92 Å². The highest BCUT2D eigenvalue weighted by Crippen LogP contribution is 2.08. The molecule has 0 spiro atoms. The Morgan fingerprint density at radius 1 is 1.25 bits per heavy atom. The summed E-state index contributed by atoms with van der Waals surface area (Å²) in [4.78, 5) is 11.6. The molecule has 2 aromatic rings. The average molecular weight is 212 g/mol. The van der Waals surface area contributed by atoms with E-state index in [2.05, 4.69) is 0 Å². The quantitative estimate of drug-likeness (QED) is 0.576. The van der Waals surface area contributed by atoms with Crippen LogP contribution in [0, 0.1) is 6.92 Å². The number of ketones is 1. The van der Waals surface area contributed by atoms with Crippen LogP contribution >= 0.6 is 0 Å². The molecule has 0 bridgehead atoms. The molecule has 2 heteroatoms. The molecule has 0 unspecified atom stereocenters. The number of rotatable bonds is 3. The first-order chi connectivity index (χ1) is 7.75. The van der Waals surface area contributed by atoms with Crippen molar-refractivity contribution in [1.82, 2.24) is 0 Å². The fourth-order valence-electron chi connectivity index (χ4n) is 1.45. The van der Waals surface area contributed by atoms with Gasteiger partial charge in [0.1, 0.15) is 0 Å². The molecule has 1 aromatic heterocycles. The van der Waals surface area contributed by atoms with Gasteiger partial charge in [-0.1, -0.05) is 35.9 Å². The fourth-order valence-corrected chi connectivity index (χ4v) is 1.45. The molecule has 0 aliphatic heterocycles. The smallest absolute Gasteiger partial charge is 0.221 e. The van der Waals surface area contributed by atoms with E-state index >= 15 is 0 Å². The predicted octanol–water partition coefficient (Wildman–Crippen LogP) is 3.48. The number of benzene rings is 1. The van der Waals surface area contributed by atoms with Crippen LogP contribution in [-0.4, -0.2) is 5.78 Å². The van der Waals surface area contributed by atoms with Crippen molar-refractivity contribution in [3.8, 4) is 0 Å². The molecular weight excluding hydrogens is 200 g/mol. The predicted molar refractivity (Wildman–Crippen MR) is 63.3 cm³/mol. The molecule has 0 radical (unpaired) electrons. The maximum Gasteiger partial charge on any atom is 0.221 e. The Balaban J connectivity index is 2.13. The Morgan fingerprint density at radius 2 is 2.12 bits per heavy atom. The maximum atomic E-state index is 11.6. The van der Waals surface area contributed by atoms with Gasteiger partial charge in [-0.3, -0.25) is 4.79 Å². The van der Waals surface area contributed by atoms with Gasteiger partial charge in [-0.25, -0.2) is 0 Å². The third-order valence-electron chi connectivity index (χ3n) is 2.23. The topological polar surface area (TPSA) is 30.2 Å². The standard InChI is InChI=1S/C14H12O2/c1-11-4-2-5-12(10-11)7-8-13(15)14-6-3-9-16-14/h2-10H,1H3. The lowest BCUT2D eigenvalue weighted by Gasteiger charge is -1.94. The third kappa shape index (κ3) is 2.48. The summed E-state index contributed by atoms with van der Waals surface area (Å²) in [5.74, 6) is 0.246. The van der Waals surface area contributed by atoms with Gasteiger partial charge < -0.3 is 4.42 Å². The second kappa shape index (κ2) is 4.62. The maximum absolute atomic E-state index is 11.6. The molecule has 0 fully saturated rings. The summed E-state index contributed by atoms with van der Waals surface area (Å²) in [5, 5.41) is 0. The zero-order valence-corrected chi connectivity index (χ0v) is 9.01. The van der Waals surface area contributed by atoms with Gasteiger partial charge in [0, 0.05) is 0 Å². The van der Waals surface area contributed by atoms with Crippen molar-refractivity contribution in [3.05, 3.63) is 65.6 Å². The van der Waals surface area contributed by atoms with Crippen molar-refractivity contribution < 1.29 is 9.21 Å². The van der Waals surface area contributed by atoms with Crippen LogP contribution in [0.4, 0.5) is 0 Å². The molecule has 0 N–H and O–H groups in total. The van der Waals surface area contributed by atoms with Crippen LogP contribution in [-0.2, 0) is 0 Å². The normalized spacial score (nSPS) is 10.8. The van der Waals surface area contributed by atoms with Crippen molar-refractivity contribution in [3.63, 3.8) is 0 Å². The first-order valence-corrected chi connectivity index (χ1v) is 5.08. The van der Waals surface area contributed by atoms with Crippen molar-refractivity contribution in [1.29, 1.82) is 0 Å². The molecule has 80 valence electrons. The minimum atomic E-state index is -0.119. The fraction of sp³-hybridized carbons (Fsp3) is 0.0714. The van der Waals surface area contributed by atoms with E-state index in [9.17, 15) is 4.79 Å². The average Bonchev–Trinajstić information content (AvgIpc) is 2.79. The summed E-state index contributed by atoms with van der Waals surface area (Å²) >= 11 is 0. The molecule has 1 aromatic carbocycles. The van der Waals surface area contributed by atoms with Gasteiger partial charge >= 0.3 is 0 Å². The van der Waals surface area contributed by atoms with Gasteiger partial charge in [-0.2, -0.15) is 0 Å². The highest BCUT2D eigenvalue weighted by molar-refractivity contribution is 6.04. The molecule has 1 heterocycles. The Bertz CT molecular complexity index is 507. The lowest BCUT2D eigenvalue weighted by Crippen LogP contribution is -1.90. The van der Waals surface area contributed by atoms with Gasteiger partial charge in [-0.15, -0.1) is 0 Å². The van der Waals surface area contributed by atoms with E-state index in [4.69, 9.17) is 4.42 Å².